The Labute approximate surface area is 150 Å². The van der Waals surface area contributed by atoms with E-state index in [2.05, 4.69) is 15.3 Å². The van der Waals surface area contributed by atoms with Gasteiger partial charge >= 0.3 is 0 Å². The van der Waals surface area contributed by atoms with Crippen LogP contribution in [0.2, 0.25) is 0 Å². The third-order valence-electron chi connectivity index (χ3n) is 4.31. The number of amides is 2. The fourth-order valence-corrected chi connectivity index (χ4v) is 2.78. The minimum Gasteiger partial charge on any atom is -0.347 e. The predicted molar refractivity (Wildman–Crippen MR) is 92.7 cm³/mol. The molecule has 0 saturated carbocycles. The zero-order valence-corrected chi connectivity index (χ0v) is 14.2. The molecule has 3 rings (SSSR count). The van der Waals surface area contributed by atoms with Gasteiger partial charge in [-0.25, -0.2) is 14.4 Å². The van der Waals surface area contributed by atoms with E-state index in [4.69, 9.17) is 5.73 Å². The molecule has 2 amide bonds. The molecular weight excluding hydrogens is 337 g/mol. The van der Waals surface area contributed by atoms with Crippen LogP contribution >= 0.6 is 0 Å². The molecule has 1 saturated heterocycles. The van der Waals surface area contributed by atoms with Gasteiger partial charge in [-0.1, -0.05) is 12.1 Å². The molecule has 1 aliphatic rings. The van der Waals surface area contributed by atoms with Crippen molar-refractivity contribution in [3.63, 3.8) is 0 Å². The van der Waals surface area contributed by atoms with Crippen LogP contribution in [0.15, 0.2) is 36.7 Å². The molecule has 0 spiro atoms. The van der Waals surface area contributed by atoms with Gasteiger partial charge in [-0.15, -0.1) is 0 Å². The Morgan fingerprint density at radius 3 is 2.38 bits per heavy atom. The Kier molecular flexibility index (Phi) is 5.52. The van der Waals surface area contributed by atoms with Gasteiger partial charge in [-0.3, -0.25) is 9.59 Å². The summed E-state index contributed by atoms with van der Waals surface area (Å²) in [4.78, 5) is 34.9. The number of halogens is 1. The molecule has 1 aromatic carbocycles. The van der Waals surface area contributed by atoms with Crippen molar-refractivity contribution in [1.29, 1.82) is 0 Å². The van der Waals surface area contributed by atoms with Crippen molar-refractivity contribution < 1.29 is 14.0 Å². The molecule has 0 radical (unpaired) electrons. The molecule has 0 atom stereocenters. The average molecular weight is 357 g/mol. The number of rotatable bonds is 4. The van der Waals surface area contributed by atoms with E-state index in [1.165, 1.54) is 24.5 Å². The molecule has 1 fully saturated rings. The fourth-order valence-electron chi connectivity index (χ4n) is 2.78. The topological polar surface area (TPSA) is 101 Å². The van der Waals surface area contributed by atoms with Crippen LogP contribution in [0.5, 0.6) is 0 Å². The van der Waals surface area contributed by atoms with E-state index in [0.717, 1.165) is 18.4 Å². The summed E-state index contributed by atoms with van der Waals surface area (Å²) in [7, 11) is 0. The first-order chi connectivity index (χ1) is 12.5. The number of piperidine rings is 1. The van der Waals surface area contributed by atoms with Gasteiger partial charge in [0.05, 0.1) is 0 Å². The van der Waals surface area contributed by atoms with Crippen molar-refractivity contribution in [1.82, 2.24) is 20.2 Å². The highest BCUT2D eigenvalue weighted by Gasteiger charge is 2.27. The molecular formula is C18H20FN5O2. The standard InChI is InChI=1S/C18H20FN5O2/c19-13-3-1-12(2-4-13)11-23-17(25)15-16(22-8-7-21-15)18(26)24-9-5-14(20)6-10-24/h1-4,7-8,14H,5-6,9-11,20H2,(H,23,25). The van der Waals surface area contributed by atoms with Crippen molar-refractivity contribution in [2.24, 2.45) is 5.73 Å². The van der Waals surface area contributed by atoms with Gasteiger partial charge < -0.3 is 16.0 Å². The number of nitrogens with zero attached hydrogens (tertiary/aromatic N) is 3. The zero-order chi connectivity index (χ0) is 18.5. The largest absolute Gasteiger partial charge is 0.347 e. The maximum atomic E-state index is 12.9. The van der Waals surface area contributed by atoms with Gasteiger partial charge in [0.15, 0.2) is 11.4 Å². The maximum absolute atomic E-state index is 12.9. The summed E-state index contributed by atoms with van der Waals surface area (Å²) < 4.78 is 12.9. The van der Waals surface area contributed by atoms with Crippen molar-refractivity contribution in [2.75, 3.05) is 13.1 Å². The summed E-state index contributed by atoms with van der Waals surface area (Å²) in [5, 5.41) is 2.69. The molecule has 26 heavy (non-hydrogen) atoms. The Hall–Kier alpha value is -2.87. The molecule has 2 heterocycles. The zero-order valence-electron chi connectivity index (χ0n) is 14.2. The van der Waals surface area contributed by atoms with E-state index in [-0.39, 0.29) is 35.7 Å². The molecule has 136 valence electrons. The van der Waals surface area contributed by atoms with Gasteiger partial charge in [0.1, 0.15) is 5.82 Å². The molecule has 8 heteroatoms. The molecule has 0 bridgehead atoms. The Balaban J connectivity index is 1.70. The predicted octanol–water partition coefficient (Wildman–Crippen LogP) is 1.11. The monoisotopic (exact) mass is 357 g/mol. The van der Waals surface area contributed by atoms with E-state index >= 15 is 0 Å². The van der Waals surface area contributed by atoms with E-state index in [1.807, 2.05) is 0 Å². The Bertz CT molecular complexity index is 788. The van der Waals surface area contributed by atoms with Gasteiger partial charge in [0.25, 0.3) is 11.8 Å². The lowest BCUT2D eigenvalue weighted by Crippen LogP contribution is -2.43. The minimum atomic E-state index is -0.500. The second kappa shape index (κ2) is 8.01. The number of hydrogen-bond donors (Lipinski definition) is 2. The normalized spacial score (nSPS) is 14.9. The quantitative estimate of drug-likeness (QED) is 0.854. The van der Waals surface area contributed by atoms with Crippen LogP contribution in [0.4, 0.5) is 4.39 Å². The van der Waals surface area contributed by atoms with E-state index in [9.17, 15) is 14.0 Å². The highest BCUT2D eigenvalue weighted by Crippen LogP contribution is 2.13. The molecule has 1 aromatic heterocycles. The number of nitrogens with one attached hydrogen (secondary N) is 1. The summed E-state index contributed by atoms with van der Waals surface area (Å²) in [5.74, 6) is -1.17. The summed E-state index contributed by atoms with van der Waals surface area (Å²) in [6, 6.07) is 5.89. The first kappa shape index (κ1) is 17.9. The lowest BCUT2D eigenvalue weighted by molar-refractivity contribution is 0.0701. The average Bonchev–Trinajstić information content (AvgIpc) is 2.67. The van der Waals surface area contributed by atoms with Crippen LogP contribution in [0, 0.1) is 5.82 Å². The van der Waals surface area contributed by atoms with Crippen molar-refractivity contribution in [2.45, 2.75) is 25.4 Å². The summed E-state index contributed by atoms with van der Waals surface area (Å²) in [6.07, 6.45) is 4.20. The first-order valence-electron chi connectivity index (χ1n) is 8.43. The van der Waals surface area contributed by atoms with Crippen LogP contribution in [0.1, 0.15) is 39.4 Å². The van der Waals surface area contributed by atoms with E-state index < -0.39 is 5.91 Å². The Morgan fingerprint density at radius 1 is 1.12 bits per heavy atom. The number of carbonyl (C=O) groups excluding carboxylic acids is 2. The summed E-state index contributed by atoms with van der Waals surface area (Å²) in [5.41, 5.74) is 6.61. The number of hydrogen-bond acceptors (Lipinski definition) is 5. The highest BCUT2D eigenvalue weighted by molar-refractivity contribution is 6.04. The number of likely N-dealkylation sites (tertiary alicyclic amines) is 1. The highest BCUT2D eigenvalue weighted by atomic mass is 19.1. The fraction of sp³-hybridized carbons (Fsp3) is 0.333. The van der Waals surface area contributed by atoms with Gasteiger partial charge in [-0.2, -0.15) is 0 Å². The lowest BCUT2D eigenvalue weighted by atomic mass is 10.1. The Morgan fingerprint density at radius 2 is 1.73 bits per heavy atom. The van der Waals surface area contributed by atoms with Crippen molar-refractivity contribution >= 4 is 11.8 Å². The third kappa shape index (κ3) is 4.20. The second-order valence-corrected chi connectivity index (χ2v) is 6.19. The molecule has 1 aliphatic heterocycles. The van der Waals surface area contributed by atoms with Crippen LogP contribution < -0.4 is 11.1 Å². The van der Waals surface area contributed by atoms with Gasteiger partial charge in [0.2, 0.25) is 0 Å². The molecule has 2 aromatic rings. The minimum absolute atomic E-state index is 0.0190. The lowest BCUT2D eigenvalue weighted by Gasteiger charge is -2.30. The van der Waals surface area contributed by atoms with Crippen LogP contribution in [-0.4, -0.2) is 45.8 Å². The smallest absolute Gasteiger partial charge is 0.274 e. The first-order valence-corrected chi connectivity index (χ1v) is 8.43. The number of nitrogens with two attached hydrogens (primary N) is 1. The number of aromatic nitrogens is 2. The van der Waals surface area contributed by atoms with Gasteiger partial charge in [-0.05, 0) is 30.5 Å². The van der Waals surface area contributed by atoms with Crippen LogP contribution in [-0.2, 0) is 6.54 Å². The SMILES string of the molecule is NC1CCN(C(=O)c2nccnc2C(=O)NCc2ccc(F)cc2)CC1. The summed E-state index contributed by atoms with van der Waals surface area (Å²) >= 11 is 0. The van der Waals surface area contributed by atoms with Crippen molar-refractivity contribution in [3.8, 4) is 0 Å². The molecule has 0 aliphatic carbocycles. The number of carbonyl (C=O) groups is 2. The number of benzene rings is 1. The van der Waals surface area contributed by atoms with E-state index in [1.54, 1.807) is 17.0 Å². The second-order valence-electron chi connectivity index (χ2n) is 6.19. The molecule has 0 unspecified atom stereocenters. The summed E-state index contributed by atoms with van der Waals surface area (Å²) in [6.45, 7) is 1.27. The van der Waals surface area contributed by atoms with Crippen molar-refractivity contribution in [3.05, 3.63) is 59.4 Å². The third-order valence-corrected chi connectivity index (χ3v) is 4.31. The maximum Gasteiger partial charge on any atom is 0.274 e. The van der Waals surface area contributed by atoms with Gasteiger partial charge in [0, 0.05) is 38.1 Å². The van der Waals surface area contributed by atoms with Crippen LogP contribution in [0.3, 0.4) is 0 Å². The van der Waals surface area contributed by atoms with E-state index in [0.29, 0.717) is 13.1 Å². The molecule has 3 N–H and O–H groups in total. The molecule has 7 nitrogen and oxygen atoms in total. The van der Waals surface area contributed by atoms with Crippen LogP contribution in [0.25, 0.3) is 0 Å².